The average molecular weight is 533 g/mol. The topological polar surface area (TPSA) is 68.5 Å². The van der Waals surface area contributed by atoms with Gasteiger partial charge in [-0.2, -0.15) is 26.3 Å². The lowest BCUT2D eigenvalue weighted by atomic mass is 9.81. The Morgan fingerprint density at radius 2 is 1.36 bits per heavy atom. The highest BCUT2D eigenvalue weighted by molar-refractivity contribution is 7.86. The molecule has 0 fully saturated rings. The van der Waals surface area contributed by atoms with Crippen LogP contribution in [0.5, 0.6) is 0 Å². The van der Waals surface area contributed by atoms with Crippen LogP contribution < -0.4 is 0 Å². The molecule has 0 saturated carbocycles. The van der Waals surface area contributed by atoms with E-state index in [4.69, 9.17) is 17.4 Å². The maximum Gasteiger partial charge on any atom is 0.485 e. The van der Waals surface area contributed by atoms with Crippen molar-refractivity contribution in [3.63, 3.8) is 0 Å². The molecule has 0 atom stereocenters. The SMILES string of the molecule is FC(F)F.O=S(=O)([O-])C(F)(F)F.c1ccc(-c2c3c([o+]c4c2CCc2ccccc2-4)CCCC3)cc1. The summed E-state index contributed by atoms with van der Waals surface area (Å²) in [6, 6.07) is 19.7. The van der Waals surface area contributed by atoms with E-state index in [1.165, 1.54) is 52.0 Å². The first-order valence-electron chi connectivity index (χ1n) is 11.0. The second kappa shape index (κ2) is 11.4. The molecule has 2 aliphatic rings. The minimum absolute atomic E-state index is 1.07. The summed E-state index contributed by atoms with van der Waals surface area (Å²) in [7, 11) is -6.09. The van der Waals surface area contributed by atoms with E-state index >= 15 is 0 Å². The van der Waals surface area contributed by atoms with Crippen molar-refractivity contribution in [3.05, 3.63) is 77.0 Å². The van der Waals surface area contributed by atoms with E-state index in [0.29, 0.717) is 0 Å². The summed E-state index contributed by atoms with van der Waals surface area (Å²) in [6.45, 7) is -3.67. The van der Waals surface area contributed by atoms with Crippen LogP contribution in [-0.4, -0.2) is 25.2 Å². The van der Waals surface area contributed by atoms with E-state index in [0.717, 1.165) is 31.4 Å². The molecule has 2 aromatic carbocycles. The van der Waals surface area contributed by atoms with Gasteiger partial charge in [-0.05, 0) is 49.3 Å². The van der Waals surface area contributed by atoms with E-state index in [1.54, 1.807) is 0 Å². The van der Waals surface area contributed by atoms with Crippen LogP contribution in [0.1, 0.15) is 35.3 Å². The van der Waals surface area contributed by atoms with Gasteiger partial charge in [0.2, 0.25) is 0 Å². The standard InChI is InChI=1S/C23H21O.CHF3O3S.CHF3/c1-2-9-17(10-3-1)22-19-12-6-7-13-21(19)24-23-18-11-5-4-8-16(18)14-15-20(22)23;2-1(3,4)8(5,6)7;2-1(3)4/h1-5,8-11H,6-7,12-15H2;(H,5,6,7);1H/q+1;;/p-1. The average Bonchev–Trinajstić information content (AvgIpc) is 2.82. The van der Waals surface area contributed by atoms with Gasteiger partial charge in [-0.25, -0.2) is 12.8 Å². The molecule has 3 aromatic rings. The van der Waals surface area contributed by atoms with Crippen molar-refractivity contribution in [2.24, 2.45) is 0 Å². The number of alkyl halides is 6. The zero-order valence-electron chi connectivity index (χ0n) is 18.8. The molecular weight excluding hydrogens is 510 g/mol. The summed E-state index contributed by atoms with van der Waals surface area (Å²) in [5, 5.41) is 0. The Morgan fingerprint density at radius 1 is 0.806 bits per heavy atom. The van der Waals surface area contributed by atoms with Crippen molar-refractivity contribution < 1.29 is 43.7 Å². The first kappa shape index (κ1) is 27.7. The smallest absolute Gasteiger partial charge is 0.485 e. The third kappa shape index (κ3) is 6.64. The van der Waals surface area contributed by atoms with Crippen LogP contribution in [-0.2, 0) is 35.8 Å². The van der Waals surface area contributed by atoms with Crippen LogP contribution in [0, 0.1) is 0 Å². The molecule has 0 saturated heterocycles. The zero-order valence-corrected chi connectivity index (χ0v) is 19.6. The molecular formula is C25H22F6O4S. The largest absolute Gasteiger partial charge is 0.741 e. The van der Waals surface area contributed by atoms with Gasteiger partial charge in [0.1, 0.15) is 0 Å². The van der Waals surface area contributed by atoms with Gasteiger partial charge in [0.25, 0.3) is 0 Å². The van der Waals surface area contributed by atoms with Crippen molar-refractivity contribution in [1.29, 1.82) is 0 Å². The molecule has 0 spiro atoms. The highest BCUT2D eigenvalue weighted by atomic mass is 32.2. The van der Waals surface area contributed by atoms with Crippen molar-refractivity contribution >= 4 is 10.1 Å². The highest BCUT2D eigenvalue weighted by Gasteiger charge is 2.37. The van der Waals surface area contributed by atoms with E-state index in [9.17, 15) is 26.3 Å². The number of fused-ring (bicyclic) bond motifs is 4. The lowest BCUT2D eigenvalue weighted by molar-refractivity contribution is -0.0517. The fourth-order valence-corrected chi connectivity index (χ4v) is 4.36. The minimum atomic E-state index is -6.09. The van der Waals surface area contributed by atoms with E-state index < -0.39 is 22.3 Å². The number of aryl methyl sites for hydroxylation is 2. The Labute approximate surface area is 204 Å². The van der Waals surface area contributed by atoms with Crippen LogP contribution >= 0.6 is 0 Å². The van der Waals surface area contributed by atoms with Crippen LogP contribution in [0.4, 0.5) is 26.3 Å². The van der Waals surface area contributed by atoms with E-state index in [-0.39, 0.29) is 0 Å². The molecule has 2 aliphatic carbocycles. The molecule has 11 heteroatoms. The zero-order chi connectivity index (χ0) is 26.5. The summed E-state index contributed by atoms with van der Waals surface area (Å²) < 4.78 is 94.4. The van der Waals surface area contributed by atoms with Crippen molar-refractivity contribution in [2.75, 3.05) is 0 Å². The van der Waals surface area contributed by atoms with Gasteiger partial charge >= 0.3 is 23.7 Å². The second-order valence-electron chi connectivity index (χ2n) is 8.06. The molecule has 0 bridgehead atoms. The molecule has 36 heavy (non-hydrogen) atoms. The molecule has 0 radical (unpaired) electrons. The predicted molar refractivity (Wildman–Crippen MR) is 121 cm³/mol. The quantitative estimate of drug-likeness (QED) is 0.145. The maximum absolute atomic E-state index is 10.7. The number of rotatable bonds is 1. The van der Waals surface area contributed by atoms with Gasteiger partial charge in [-0.15, -0.1) is 0 Å². The molecule has 0 unspecified atom stereocenters. The monoisotopic (exact) mass is 532 g/mol. The fraction of sp³-hybridized carbons (Fsp3) is 0.320. The van der Waals surface area contributed by atoms with Gasteiger partial charge in [-0.3, -0.25) is 0 Å². The summed E-state index contributed by atoms with van der Waals surface area (Å²) in [4.78, 5) is 0. The normalized spacial score (nSPS) is 14.3. The van der Waals surface area contributed by atoms with Crippen LogP contribution in [0.3, 0.4) is 0 Å². The summed E-state index contributed by atoms with van der Waals surface area (Å²) in [5.74, 6) is 2.34. The van der Waals surface area contributed by atoms with Gasteiger partial charge in [0.15, 0.2) is 10.1 Å². The minimum Gasteiger partial charge on any atom is -0.741 e. The summed E-state index contributed by atoms with van der Waals surface area (Å²) >= 11 is 0. The summed E-state index contributed by atoms with van der Waals surface area (Å²) in [6.07, 6.45) is 6.93. The van der Waals surface area contributed by atoms with Gasteiger partial charge < -0.3 is 4.55 Å². The number of benzene rings is 2. The molecule has 194 valence electrons. The second-order valence-corrected chi connectivity index (χ2v) is 9.44. The highest BCUT2D eigenvalue weighted by Crippen LogP contribution is 2.43. The first-order chi connectivity index (χ1) is 16.9. The molecule has 4 nitrogen and oxygen atoms in total. The lowest BCUT2D eigenvalue weighted by Crippen LogP contribution is -2.21. The van der Waals surface area contributed by atoms with Crippen molar-refractivity contribution in [3.8, 4) is 22.5 Å². The van der Waals surface area contributed by atoms with Crippen molar-refractivity contribution in [1.82, 2.24) is 0 Å². The molecule has 0 N–H and O–H groups in total. The fourth-order valence-electron chi connectivity index (χ4n) is 4.36. The number of halogens is 6. The number of hydrogen-bond donors (Lipinski definition) is 0. The predicted octanol–water partition coefficient (Wildman–Crippen LogP) is 7.10. The Bertz CT molecular complexity index is 1290. The Morgan fingerprint density at radius 3 is 1.97 bits per heavy atom. The van der Waals surface area contributed by atoms with Gasteiger partial charge in [0.05, 0.1) is 23.1 Å². The Hall–Kier alpha value is -2.92. The van der Waals surface area contributed by atoms with Crippen LogP contribution in [0.2, 0.25) is 0 Å². The molecule has 1 heterocycles. The lowest BCUT2D eigenvalue weighted by Gasteiger charge is -2.20. The van der Waals surface area contributed by atoms with Crippen molar-refractivity contribution in [2.45, 2.75) is 50.7 Å². The molecule has 1 aromatic heterocycles. The third-order valence-corrected chi connectivity index (χ3v) is 6.34. The molecule has 0 amide bonds. The molecule has 0 aliphatic heterocycles. The first-order valence-corrected chi connectivity index (χ1v) is 12.4. The number of hydrogen-bond acceptors (Lipinski definition) is 3. The van der Waals surface area contributed by atoms with E-state index in [1.807, 2.05) is 0 Å². The summed E-state index contributed by atoms with van der Waals surface area (Å²) in [5.41, 5.74) is 2.76. The van der Waals surface area contributed by atoms with Gasteiger partial charge in [0, 0.05) is 5.56 Å². The third-order valence-electron chi connectivity index (χ3n) is 5.77. The molecule has 5 rings (SSSR count). The Kier molecular flexibility index (Phi) is 8.78. The van der Waals surface area contributed by atoms with Gasteiger partial charge in [-0.1, -0.05) is 48.5 Å². The van der Waals surface area contributed by atoms with E-state index in [2.05, 4.69) is 54.6 Å². The Balaban J connectivity index is 0.000000254. The van der Waals surface area contributed by atoms with Crippen LogP contribution in [0.25, 0.3) is 22.5 Å². The maximum atomic E-state index is 10.7. The van der Waals surface area contributed by atoms with Crippen LogP contribution in [0.15, 0.2) is 59.0 Å².